The fraction of sp³-hybridized carbons (Fsp3) is 0.500. The Hall–Kier alpha value is -2.87. The second-order valence-electron chi connectivity index (χ2n) is 7.47. The SMILES string of the molecule is CCNC(=NCC(c1cccc(OC)c1)N(C)C)N1CCN(c2ncccn2)CC1. The molecule has 1 saturated heterocycles. The summed E-state index contributed by atoms with van der Waals surface area (Å²) in [6.45, 7) is 7.14. The molecule has 0 spiro atoms. The van der Waals surface area contributed by atoms with Crippen molar-refractivity contribution in [3.05, 3.63) is 48.3 Å². The Bertz CT molecular complexity index is 804. The lowest BCUT2D eigenvalue weighted by Gasteiger charge is -2.36. The van der Waals surface area contributed by atoms with Crippen LogP contribution in [0.25, 0.3) is 0 Å². The molecule has 1 N–H and O–H groups in total. The van der Waals surface area contributed by atoms with Crippen LogP contribution in [0, 0.1) is 0 Å². The molecule has 1 aromatic carbocycles. The molecule has 0 bridgehead atoms. The minimum Gasteiger partial charge on any atom is -0.497 e. The molecule has 1 aromatic heterocycles. The van der Waals surface area contributed by atoms with Gasteiger partial charge in [0, 0.05) is 45.1 Å². The molecule has 1 unspecified atom stereocenters. The zero-order valence-electron chi connectivity index (χ0n) is 18.5. The number of nitrogens with one attached hydrogen (secondary N) is 1. The van der Waals surface area contributed by atoms with Gasteiger partial charge in [-0.1, -0.05) is 12.1 Å². The molecule has 8 nitrogen and oxygen atoms in total. The van der Waals surface area contributed by atoms with Crippen LogP contribution in [-0.4, -0.2) is 86.2 Å². The topological polar surface area (TPSA) is 69.1 Å². The van der Waals surface area contributed by atoms with Crippen LogP contribution in [0.3, 0.4) is 0 Å². The van der Waals surface area contributed by atoms with Gasteiger partial charge in [0.1, 0.15) is 5.75 Å². The molecule has 1 aliphatic rings. The quantitative estimate of drug-likeness (QED) is 0.551. The predicted octanol–water partition coefficient (Wildman–Crippen LogP) is 1.88. The van der Waals surface area contributed by atoms with Crippen LogP contribution in [0.1, 0.15) is 18.5 Å². The van der Waals surface area contributed by atoms with E-state index in [-0.39, 0.29) is 6.04 Å². The van der Waals surface area contributed by atoms with Gasteiger partial charge in [-0.3, -0.25) is 4.99 Å². The highest BCUT2D eigenvalue weighted by molar-refractivity contribution is 5.80. The molecular weight excluding hydrogens is 378 g/mol. The Kier molecular flexibility index (Phi) is 7.84. The highest BCUT2D eigenvalue weighted by atomic mass is 16.5. The second-order valence-corrected chi connectivity index (χ2v) is 7.47. The smallest absolute Gasteiger partial charge is 0.225 e. The van der Waals surface area contributed by atoms with Crippen molar-refractivity contribution < 1.29 is 4.74 Å². The van der Waals surface area contributed by atoms with Crippen molar-refractivity contribution in [1.29, 1.82) is 0 Å². The maximum atomic E-state index is 5.40. The molecular formula is C22H33N7O. The highest BCUT2D eigenvalue weighted by Gasteiger charge is 2.22. The number of anilines is 1. The summed E-state index contributed by atoms with van der Waals surface area (Å²) < 4.78 is 5.40. The number of piperazine rings is 1. The van der Waals surface area contributed by atoms with Crippen molar-refractivity contribution >= 4 is 11.9 Å². The number of benzene rings is 1. The molecule has 0 saturated carbocycles. The van der Waals surface area contributed by atoms with Gasteiger partial charge < -0.3 is 24.8 Å². The van der Waals surface area contributed by atoms with Gasteiger partial charge in [-0.25, -0.2) is 9.97 Å². The van der Waals surface area contributed by atoms with Crippen molar-refractivity contribution in [1.82, 2.24) is 25.1 Å². The van der Waals surface area contributed by atoms with E-state index in [1.807, 2.05) is 18.2 Å². The van der Waals surface area contributed by atoms with Crippen LogP contribution in [0.5, 0.6) is 5.75 Å². The first kappa shape index (κ1) is 21.8. The average molecular weight is 412 g/mol. The van der Waals surface area contributed by atoms with E-state index in [0.29, 0.717) is 6.54 Å². The van der Waals surface area contributed by atoms with Crippen molar-refractivity contribution in [3.63, 3.8) is 0 Å². The predicted molar refractivity (Wildman–Crippen MR) is 121 cm³/mol. The number of aromatic nitrogens is 2. The summed E-state index contributed by atoms with van der Waals surface area (Å²) in [5.74, 6) is 2.63. The molecule has 2 aromatic rings. The molecule has 2 heterocycles. The van der Waals surface area contributed by atoms with Crippen LogP contribution in [0.2, 0.25) is 0 Å². The van der Waals surface area contributed by atoms with E-state index in [2.05, 4.69) is 63.1 Å². The first-order valence-corrected chi connectivity index (χ1v) is 10.5. The van der Waals surface area contributed by atoms with Gasteiger partial charge in [0.25, 0.3) is 0 Å². The standard InChI is InChI=1S/C22H33N7O/c1-5-23-21(28-12-14-29(15-13-28)22-24-10-7-11-25-22)26-17-20(27(2)3)18-8-6-9-19(16-18)30-4/h6-11,16,20H,5,12-15,17H2,1-4H3,(H,23,26). The molecule has 1 aliphatic heterocycles. The minimum absolute atomic E-state index is 0.174. The number of nitrogens with zero attached hydrogens (tertiary/aromatic N) is 6. The molecule has 162 valence electrons. The number of rotatable bonds is 7. The molecule has 0 radical (unpaired) electrons. The van der Waals surface area contributed by atoms with Gasteiger partial charge in [0.2, 0.25) is 5.95 Å². The third-order valence-corrected chi connectivity index (χ3v) is 5.26. The van der Waals surface area contributed by atoms with E-state index in [1.54, 1.807) is 19.5 Å². The van der Waals surface area contributed by atoms with Crippen LogP contribution < -0.4 is 15.0 Å². The molecule has 1 atom stereocenters. The lowest BCUT2D eigenvalue weighted by Crippen LogP contribution is -2.53. The molecule has 0 amide bonds. The Morgan fingerprint density at radius 1 is 1.17 bits per heavy atom. The monoisotopic (exact) mass is 411 g/mol. The first-order valence-electron chi connectivity index (χ1n) is 10.5. The summed E-state index contributed by atoms with van der Waals surface area (Å²) in [4.78, 5) is 20.5. The van der Waals surface area contributed by atoms with Crippen LogP contribution >= 0.6 is 0 Å². The molecule has 8 heteroatoms. The summed E-state index contributed by atoms with van der Waals surface area (Å²) in [7, 11) is 5.88. The van der Waals surface area contributed by atoms with Gasteiger partial charge in [0.05, 0.1) is 19.7 Å². The maximum absolute atomic E-state index is 5.40. The van der Waals surface area contributed by atoms with Gasteiger partial charge in [-0.2, -0.15) is 0 Å². The van der Waals surface area contributed by atoms with E-state index in [4.69, 9.17) is 9.73 Å². The van der Waals surface area contributed by atoms with Gasteiger partial charge in [-0.15, -0.1) is 0 Å². The average Bonchev–Trinajstić information content (AvgIpc) is 2.79. The molecule has 0 aliphatic carbocycles. The zero-order valence-corrected chi connectivity index (χ0v) is 18.5. The van der Waals surface area contributed by atoms with Crippen molar-refractivity contribution in [3.8, 4) is 5.75 Å². The third-order valence-electron chi connectivity index (χ3n) is 5.26. The summed E-state index contributed by atoms with van der Waals surface area (Å²) in [6.07, 6.45) is 3.58. The Labute approximate surface area is 179 Å². The second kappa shape index (κ2) is 10.8. The van der Waals surface area contributed by atoms with E-state index in [1.165, 1.54) is 5.56 Å². The highest BCUT2D eigenvalue weighted by Crippen LogP contribution is 2.23. The van der Waals surface area contributed by atoms with Crippen LogP contribution in [0.15, 0.2) is 47.7 Å². The molecule has 3 rings (SSSR count). The Morgan fingerprint density at radius 3 is 2.53 bits per heavy atom. The summed E-state index contributed by atoms with van der Waals surface area (Å²) in [5.41, 5.74) is 1.20. The lowest BCUT2D eigenvalue weighted by atomic mass is 10.1. The third kappa shape index (κ3) is 5.60. The van der Waals surface area contributed by atoms with E-state index >= 15 is 0 Å². The van der Waals surface area contributed by atoms with Gasteiger partial charge in [-0.05, 0) is 44.8 Å². The van der Waals surface area contributed by atoms with Crippen molar-refractivity contribution in [2.75, 3.05) is 65.4 Å². The number of guanidine groups is 1. The van der Waals surface area contributed by atoms with Crippen molar-refractivity contribution in [2.45, 2.75) is 13.0 Å². The largest absolute Gasteiger partial charge is 0.497 e. The van der Waals surface area contributed by atoms with Crippen molar-refractivity contribution in [2.24, 2.45) is 4.99 Å². The Balaban J connectivity index is 1.68. The number of hydrogen-bond acceptors (Lipinski definition) is 6. The van der Waals surface area contributed by atoms with Gasteiger partial charge in [0.15, 0.2) is 5.96 Å². The maximum Gasteiger partial charge on any atom is 0.225 e. The van der Waals surface area contributed by atoms with E-state index in [9.17, 15) is 0 Å². The number of likely N-dealkylation sites (N-methyl/N-ethyl adjacent to an activating group) is 1. The fourth-order valence-corrected chi connectivity index (χ4v) is 3.59. The number of methoxy groups -OCH3 is 1. The van der Waals surface area contributed by atoms with Gasteiger partial charge >= 0.3 is 0 Å². The van der Waals surface area contributed by atoms with E-state index in [0.717, 1.165) is 50.4 Å². The zero-order chi connectivity index (χ0) is 21.3. The van der Waals surface area contributed by atoms with Crippen LogP contribution in [0.4, 0.5) is 5.95 Å². The lowest BCUT2D eigenvalue weighted by molar-refractivity contribution is 0.302. The summed E-state index contributed by atoms with van der Waals surface area (Å²) in [6, 6.07) is 10.2. The summed E-state index contributed by atoms with van der Waals surface area (Å²) in [5, 5.41) is 3.46. The first-order chi connectivity index (χ1) is 14.6. The fourth-order valence-electron chi connectivity index (χ4n) is 3.59. The summed E-state index contributed by atoms with van der Waals surface area (Å²) >= 11 is 0. The number of hydrogen-bond donors (Lipinski definition) is 1. The Morgan fingerprint density at radius 2 is 1.90 bits per heavy atom. The number of ether oxygens (including phenoxy) is 1. The van der Waals surface area contributed by atoms with E-state index < -0.39 is 0 Å². The molecule has 1 fully saturated rings. The van der Waals surface area contributed by atoms with Crippen LogP contribution in [-0.2, 0) is 0 Å². The normalized spacial score (nSPS) is 16.0. The molecule has 30 heavy (non-hydrogen) atoms. The minimum atomic E-state index is 0.174. The number of aliphatic imine (C=N–C) groups is 1.